The second-order valence-corrected chi connectivity index (χ2v) is 9.28. The summed E-state index contributed by atoms with van der Waals surface area (Å²) in [5, 5.41) is 2.90. The van der Waals surface area contributed by atoms with E-state index in [4.69, 9.17) is 21.1 Å². The second-order valence-electron chi connectivity index (χ2n) is 7.04. The number of methoxy groups -OCH3 is 2. The third kappa shape index (κ3) is 5.55. The molecular weight excluding hydrogens is 471 g/mol. The van der Waals surface area contributed by atoms with Crippen LogP contribution >= 0.6 is 11.6 Å². The van der Waals surface area contributed by atoms with E-state index in [0.29, 0.717) is 17.0 Å². The Kier molecular flexibility index (Phi) is 7.45. The monoisotopic (exact) mass is 492 g/mol. The number of halogens is 2. The fraction of sp³-hybridized carbons (Fsp3) is 0.174. The molecule has 1 amide bonds. The number of nitrogens with one attached hydrogen (secondary N) is 1. The number of rotatable bonds is 8. The molecule has 0 aliphatic heterocycles. The van der Waals surface area contributed by atoms with Crippen LogP contribution in [0.15, 0.2) is 65.6 Å². The molecule has 3 aromatic carbocycles. The first kappa shape index (κ1) is 24.3. The van der Waals surface area contributed by atoms with Gasteiger partial charge in [0.05, 0.1) is 24.9 Å². The molecule has 0 saturated carbocycles. The lowest BCUT2D eigenvalue weighted by Gasteiger charge is -2.25. The summed E-state index contributed by atoms with van der Waals surface area (Å²) in [7, 11) is -1.44. The van der Waals surface area contributed by atoms with Gasteiger partial charge in [0, 0.05) is 5.69 Å². The van der Waals surface area contributed by atoms with Gasteiger partial charge in [-0.2, -0.15) is 0 Å². The fourth-order valence-electron chi connectivity index (χ4n) is 3.10. The zero-order chi connectivity index (χ0) is 24.2. The number of hydrogen-bond donors (Lipinski definition) is 1. The highest BCUT2D eigenvalue weighted by Gasteiger charge is 2.30. The van der Waals surface area contributed by atoms with Gasteiger partial charge in [-0.05, 0) is 67.1 Å². The molecule has 33 heavy (non-hydrogen) atoms. The summed E-state index contributed by atoms with van der Waals surface area (Å²) in [4.78, 5) is 12.7. The Hall–Kier alpha value is -3.30. The summed E-state index contributed by atoms with van der Waals surface area (Å²) in [6, 6.07) is 14.1. The number of amides is 1. The second kappa shape index (κ2) is 10.1. The van der Waals surface area contributed by atoms with E-state index >= 15 is 0 Å². The van der Waals surface area contributed by atoms with Crippen molar-refractivity contribution >= 4 is 38.9 Å². The standard InChI is InChI=1S/C23H22ClFN2O5S/c1-15-4-10-21(32-3)22(12-15)33(29,30)27(18-8-5-16(25)6-9-18)14-23(28)26-17-7-11-20(31-2)19(24)13-17/h4-13H,14H2,1-3H3,(H,26,28). The predicted octanol–water partition coefficient (Wildman–Crippen LogP) is 4.64. The normalized spacial score (nSPS) is 11.1. The van der Waals surface area contributed by atoms with Crippen LogP contribution in [-0.4, -0.2) is 35.1 Å². The Morgan fingerprint density at radius 3 is 2.24 bits per heavy atom. The molecule has 0 unspecified atom stereocenters. The van der Waals surface area contributed by atoms with E-state index in [0.717, 1.165) is 16.4 Å². The number of aryl methyl sites for hydroxylation is 1. The summed E-state index contributed by atoms with van der Waals surface area (Å²) in [5.41, 5.74) is 1.16. The Morgan fingerprint density at radius 1 is 1.00 bits per heavy atom. The van der Waals surface area contributed by atoms with E-state index in [1.807, 2.05) is 0 Å². The van der Waals surface area contributed by atoms with Gasteiger partial charge in [-0.25, -0.2) is 12.8 Å². The van der Waals surface area contributed by atoms with Gasteiger partial charge in [0.2, 0.25) is 5.91 Å². The van der Waals surface area contributed by atoms with Crippen LogP contribution in [-0.2, 0) is 14.8 Å². The Morgan fingerprint density at radius 2 is 1.64 bits per heavy atom. The van der Waals surface area contributed by atoms with Crippen molar-refractivity contribution in [3.63, 3.8) is 0 Å². The molecule has 0 heterocycles. The first-order valence-electron chi connectivity index (χ1n) is 9.72. The van der Waals surface area contributed by atoms with Gasteiger partial charge in [-0.3, -0.25) is 9.10 Å². The quantitative estimate of drug-likeness (QED) is 0.495. The maximum Gasteiger partial charge on any atom is 0.268 e. The Balaban J connectivity index is 1.98. The van der Waals surface area contributed by atoms with Crippen molar-refractivity contribution in [3.05, 3.63) is 77.1 Å². The van der Waals surface area contributed by atoms with Crippen molar-refractivity contribution in [1.82, 2.24) is 0 Å². The minimum Gasteiger partial charge on any atom is -0.495 e. The zero-order valence-electron chi connectivity index (χ0n) is 18.1. The minimum atomic E-state index is -4.26. The van der Waals surface area contributed by atoms with Crippen molar-refractivity contribution in [2.24, 2.45) is 0 Å². The molecule has 7 nitrogen and oxygen atoms in total. The molecule has 0 radical (unpaired) electrons. The molecule has 3 aromatic rings. The SMILES string of the molecule is COc1ccc(NC(=O)CN(c2ccc(F)cc2)S(=O)(=O)c2cc(C)ccc2OC)cc1Cl. The molecule has 0 aliphatic rings. The van der Waals surface area contributed by atoms with Crippen LogP contribution in [0.4, 0.5) is 15.8 Å². The maximum absolute atomic E-state index is 13.6. The van der Waals surface area contributed by atoms with Crippen LogP contribution in [0.3, 0.4) is 0 Å². The van der Waals surface area contributed by atoms with E-state index < -0.39 is 28.3 Å². The molecule has 0 atom stereocenters. The number of carbonyl (C=O) groups is 1. The number of ether oxygens (including phenoxy) is 2. The third-order valence-electron chi connectivity index (χ3n) is 4.72. The third-order valence-corrected chi connectivity index (χ3v) is 6.81. The van der Waals surface area contributed by atoms with Crippen LogP contribution in [0.25, 0.3) is 0 Å². The molecule has 0 aliphatic carbocycles. The van der Waals surface area contributed by atoms with Gasteiger partial charge >= 0.3 is 0 Å². The van der Waals surface area contributed by atoms with E-state index in [2.05, 4.69) is 5.32 Å². The lowest BCUT2D eigenvalue weighted by atomic mass is 10.2. The van der Waals surface area contributed by atoms with E-state index in [1.165, 1.54) is 44.6 Å². The Bertz CT molecular complexity index is 1270. The van der Waals surface area contributed by atoms with Gasteiger partial charge in [0.15, 0.2) is 0 Å². The molecule has 0 saturated heterocycles. The fourth-order valence-corrected chi connectivity index (χ4v) is 5.02. The highest BCUT2D eigenvalue weighted by atomic mass is 35.5. The molecule has 174 valence electrons. The summed E-state index contributed by atoms with van der Waals surface area (Å²) >= 11 is 6.10. The van der Waals surface area contributed by atoms with Crippen molar-refractivity contribution in [2.45, 2.75) is 11.8 Å². The number of hydrogen-bond acceptors (Lipinski definition) is 5. The van der Waals surface area contributed by atoms with Crippen molar-refractivity contribution in [3.8, 4) is 11.5 Å². The molecule has 1 N–H and O–H groups in total. The first-order chi connectivity index (χ1) is 15.6. The van der Waals surface area contributed by atoms with Crippen LogP contribution in [0, 0.1) is 12.7 Å². The van der Waals surface area contributed by atoms with Crippen LogP contribution in [0.5, 0.6) is 11.5 Å². The maximum atomic E-state index is 13.6. The van der Waals surface area contributed by atoms with Gasteiger partial charge in [-0.15, -0.1) is 0 Å². The van der Waals surface area contributed by atoms with Crippen LogP contribution < -0.4 is 19.1 Å². The number of nitrogens with zero attached hydrogens (tertiary/aromatic N) is 1. The lowest BCUT2D eigenvalue weighted by Crippen LogP contribution is -2.38. The molecule has 10 heteroatoms. The summed E-state index contributed by atoms with van der Waals surface area (Å²) in [6.45, 7) is 1.16. The summed E-state index contributed by atoms with van der Waals surface area (Å²) < 4.78 is 51.9. The lowest BCUT2D eigenvalue weighted by molar-refractivity contribution is -0.114. The molecular formula is C23H22ClFN2O5S. The number of sulfonamides is 1. The van der Waals surface area contributed by atoms with E-state index in [1.54, 1.807) is 25.1 Å². The topological polar surface area (TPSA) is 84.9 Å². The molecule has 0 spiro atoms. The highest BCUT2D eigenvalue weighted by molar-refractivity contribution is 7.93. The molecule has 0 bridgehead atoms. The van der Waals surface area contributed by atoms with Gasteiger partial charge in [0.25, 0.3) is 10.0 Å². The largest absolute Gasteiger partial charge is 0.495 e. The highest BCUT2D eigenvalue weighted by Crippen LogP contribution is 2.31. The average molecular weight is 493 g/mol. The van der Waals surface area contributed by atoms with E-state index in [9.17, 15) is 17.6 Å². The van der Waals surface area contributed by atoms with Gasteiger partial charge in [0.1, 0.15) is 28.8 Å². The summed E-state index contributed by atoms with van der Waals surface area (Å²) in [5.74, 6) is -0.621. The zero-order valence-corrected chi connectivity index (χ0v) is 19.7. The molecule has 3 rings (SSSR count). The predicted molar refractivity (Wildman–Crippen MR) is 125 cm³/mol. The molecule has 0 fully saturated rings. The number of anilines is 2. The minimum absolute atomic E-state index is 0.114. The average Bonchev–Trinajstić information content (AvgIpc) is 2.78. The Labute approximate surface area is 196 Å². The van der Waals surface area contributed by atoms with Gasteiger partial charge < -0.3 is 14.8 Å². The number of carbonyl (C=O) groups excluding carboxylic acids is 1. The van der Waals surface area contributed by atoms with Crippen LogP contribution in [0.2, 0.25) is 5.02 Å². The van der Waals surface area contributed by atoms with Crippen molar-refractivity contribution < 1.29 is 27.1 Å². The summed E-state index contributed by atoms with van der Waals surface area (Å²) in [6.07, 6.45) is 0. The van der Waals surface area contributed by atoms with Crippen molar-refractivity contribution in [1.29, 1.82) is 0 Å². The molecule has 0 aromatic heterocycles. The van der Waals surface area contributed by atoms with E-state index in [-0.39, 0.29) is 21.4 Å². The first-order valence-corrected chi connectivity index (χ1v) is 11.5. The number of benzene rings is 3. The van der Waals surface area contributed by atoms with Crippen molar-refractivity contribution in [2.75, 3.05) is 30.4 Å². The van der Waals surface area contributed by atoms with Crippen LogP contribution in [0.1, 0.15) is 5.56 Å². The van der Waals surface area contributed by atoms with Gasteiger partial charge in [-0.1, -0.05) is 17.7 Å². The smallest absolute Gasteiger partial charge is 0.268 e.